The van der Waals surface area contributed by atoms with Crippen molar-refractivity contribution in [1.29, 1.82) is 0 Å². The van der Waals surface area contributed by atoms with Crippen molar-refractivity contribution in [3.05, 3.63) is 0 Å². The number of ether oxygens (including phenoxy) is 1. The molecule has 0 aromatic carbocycles. The van der Waals surface area contributed by atoms with Crippen LogP contribution in [0, 0.1) is 5.41 Å². The summed E-state index contributed by atoms with van der Waals surface area (Å²) >= 11 is 0. The van der Waals surface area contributed by atoms with Crippen molar-refractivity contribution in [2.45, 2.75) is 38.3 Å². The molecule has 4 nitrogen and oxygen atoms in total. The fourth-order valence-electron chi connectivity index (χ4n) is 2.03. The average molecular weight is 187 g/mol. The number of carbonyl (C=O) groups is 1. The smallest absolute Gasteiger partial charge is 0.321 e. The number of rotatable bonds is 5. The Bertz CT molecular complexity index is 197. The molecule has 0 aliphatic heterocycles. The van der Waals surface area contributed by atoms with Gasteiger partial charge in [0.2, 0.25) is 0 Å². The lowest BCUT2D eigenvalue weighted by molar-refractivity contribution is -0.142. The zero-order valence-corrected chi connectivity index (χ0v) is 8.12. The number of aliphatic carboxylic acids is 1. The molecular weight excluding hydrogens is 170 g/mol. The highest BCUT2D eigenvalue weighted by molar-refractivity contribution is 5.75. The molecule has 0 radical (unpaired) electrons. The molecule has 4 heteroatoms. The van der Waals surface area contributed by atoms with E-state index in [-0.39, 0.29) is 11.5 Å². The van der Waals surface area contributed by atoms with E-state index in [0.29, 0.717) is 0 Å². The number of nitrogens with two attached hydrogens (primary N) is 1. The molecule has 1 fully saturated rings. The third kappa shape index (κ3) is 1.69. The van der Waals surface area contributed by atoms with E-state index in [0.717, 1.165) is 19.3 Å². The molecule has 1 rings (SSSR count). The predicted molar refractivity (Wildman–Crippen MR) is 48.4 cm³/mol. The summed E-state index contributed by atoms with van der Waals surface area (Å²) in [6.07, 6.45) is 2.54. The van der Waals surface area contributed by atoms with Gasteiger partial charge in [-0.15, -0.1) is 0 Å². The maximum atomic E-state index is 10.7. The van der Waals surface area contributed by atoms with Gasteiger partial charge in [0, 0.05) is 12.5 Å². The Kier molecular flexibility index (Phi) is 2.93. The van der Waals surface area contributed by atoms with Crippen molar-refractivity contribution >= 4 is 5.97 Å². The van der Waals surface area contributed by atoms with Crippen molar-refractivity contribution in [3.8, 4) is 0 Å². The Labute approximate surface area is 78.1 Å². The predicted octanol–water partition coefficient (Wildman–Crippen LogP) is 0.603. The van der Waals surface area contributed by atoms with Gasteiger partial charge in [0.15, 0.2) is 0 Å². The summed E-state index contributed by atoms with van der Waals surface area (Å²) in [5.41, 5.74) is 5.33. The van der Waals surface area contributed by atoms with Crippen LogP contribution in [0.15, 0.2) is 0 Å². The molecule has 0 heterocycles. The third-order valence-electron chi connectivity index (χ3n) is 3.01. The normalized spacial score (nSPS) is 23.6. The van der Waals surface area contributed by atoms with Gasteiger partial charge in [0.1, 0.15) is 6.04 Å². The molecule has 13 heavy (non-hydrogen) atoms. The van der Waals surface area contributed by atoms with Crippen LogP contribution < -0.4 is 5.73 Å². The lowest BCUT2D eigenvalue weighted by Crippen LogP contribution is -2.46. The van der Waals surface area contributed by atoms with Crippen molar-refractivity contribution in [1.82, 2.24) is 0 Å². The maximum Gasteiger partial charge on any atom is 0.321 e. The molecule has 3 N–H and O–H groups in total. The van der Waals surface area contributed by atoms with Gasteiger partial charge in [-0.1, -0.05) is 6.92 Å². The molecular formula is C9H17NO3. The van der Waals surface area contributed by atoms with E-state index >= 15 is 0 Å². The van der Waals surface area contributed by atoms with Crippen molar-refractivity contribution in [2.24, 2.45) is 11.1 Å². The lowest BCUT2D eigenvalue weighted by atomic mass is 9.89. The molecule has 0 aromatic heterocycles. The molecule has 2 atom stereocenters. The van der Waals surface area contributed by atoms with E-state index in [1.54, 1.807) is 7.11 Å². The summed E-state index contributed by atoms with van der Waals surface area (Å²) in [5.74, 6) is -0.923. The van der Waals surface area contributed by atoms with Gasteiger partial charge in [0.25, 0.3) is 0 Å². The molecule has 76 valence electrons. The summed E-state index contributed by atoms with van der Waals surface area (Å²) in [5, 5.41) is 8.82. The monoisotopic (exact) mass is 187 g/mol. The van der Waals surface area contributed by atoms with E-state index in [1.807, 2.05) is 6.92 Å². The minimum atomic E-state index is -0.923. The third-order valence-corrected chi connectivity index (χ3v) is 3.01. The lowest BCUT2D eigenvalue weighted by Gasteiger charge is -2.27. The Morgan fingerprint density at radius 3 is 2.46 bits per heavy atom. The number of methoxy groups -OCH3 is 1. The fraction of sp³-hybridized carbons (Fsp3) is 0.889. The van der Waals surface area contributed by atoms with Crippen LogP contribution in [-0.4, -0.2) is 30.3 Å². The van der Waals surface area contributed by atoms with Crippen LogP contribution in [0.5, 0.6) is 0 Å². The molecule has 0 bridgehead atoms. The molecule has 0 saturated heterocycles. The zero-order chi connectivity index (χ0) is 10.1. The van der Waals surface area contributed by atoms with E-state index in [9.17, 15) is 4.79 Å². The van der Waals surface area contributed by atoms with Gasteiger partial charge in [-0.2, -0.15) is 0 Å². The Morgan fingerprint density at radius 1 is 1.69 bits per heavy atom. The molecule has 0 spiro atoms. The zero-order valence-electron chi connectivity index (χ0n) is 8.12. The standard InChI is InChI=1S/C9H17NO3/c1-3-6(13-2)9(4-5-9)7(10)8(11)12/h6-7H,3-5,10H2,1-2H3,(H,11,12). The molecule has 0 amide bonds. The quantitative estimate of drug-likeness (QED) is 0.661. The first kappa shape index (κ1) is 10.5. The largest absolute Gasteiger partial charge is 0.480 e. The first-order chi connectivity index (χ1) is 6.08. The highest BCUT2D eigenvalue weighted by Gasteiger charge is 2.56. The number of hydrogen-bond donors (Lipinski definition) is 2. The van der Waals surface area contributed by atoms with Gasteiger partial charge in [-0.25, -0.2) is 0 Å². The number of carboxylic acids is 1. The summed E-state index contributed by atoms with van der Waals surface area (Å²) in [7, 11) is 1.61. The molecule has 1 aliphatic carbocycles. The van der Waals surface area contributed by atoms with Gasteiger partial charge in [-0.05, 0) is 19.3 Å². The summed E-state index contributed by atoms with van der Waals surface area (Å²) in [4.78, 5) is 10.7. The summed E-state index contributed by atoms with van der Waals surface area (Å²) < 4.78 is 5.25. The molecule has 2 unspecified atom stereocenters. The van der Waals surface area contributed by atoms with Crippen molar-refractivity contribution in [3.63, 3.8) is 0 Å². The van der Waals surface area contributed by atoms with Crippen LogP contribution in [0.1, 0.15) is 26.2 Å². The Hall–Kier alpha value is -0.610. The second-order valence-electron chi connectivity index (χ2n) is 3.68. The highest BCUT2D eigenvalue weighted by atomic mass is 16.5. The van der Waals surface area contributed by atoms with Gasteiger partial charge < -0.3 is 15.6 Å². The van der Waals surface area contributed by atoms with E-state index < -0.39 is 12.0 Å². The highest BCUT2D eigenvalue weighted by Crippen LogP contribution is 2.52. The van der Waals surface area contributed by atoms with Gasteiger partial charge >= 0.3 is 5.97 Å². The summed E-state index contributed by atoms with van der Waals surface area (Å²) in [6, 6.07) is -0.780. The average Bonchev–Trinajstić information content (AvgIpc) is 2.87. The first-order valence-electron chi connectivity index (χ1n) is 4.59. The second kappa shape index (κ2) is 3.64. The van der Waals surface area contributed by atoms with E-state index in [1.165, 1.54) is 0 Å². The van der Waals surface area contributed by atoms with Crippen molar-refractivity contribution in [2.75, 3.05) is 7.11 Å². The Morgan fingerprint density at radius 2 is 2.23 bits per heavy atom. The minimum Gasteiger partial charge on any atom is -0.480 e. The fourth-order valence-corrected chi connectivity index (χ4v) is 2.03. The molecule has 0 aromatic rings. The van der Waals surface area contributed by atoms with Gasteiger partial charge in [0.05, 0.1) is 6.10 Å². The van der Waals surface area contributed by atoms with Crippen LogP contribution >= 0.6 is 0 Å². The topological polar surface area (TPSA) is 72.5 Å². The second-order valence-corrected chi connectivity index (χ2v) is 3.68. The first-order valence-corrected chi connectivity index (χ1v) is 4.59. The van der Waals surface area contributed by atoms with E-state index in [2.05, 4.69) is 0 Å². The maximum absolute atomic E-state index is 10.7. The molecule has 1 saturated carbocycles. The SMILES string of the molecule is CCC(OC)C1(C(N)C(=O)O)CC1. The van der Waals surface area contributed by atoms with Crippen LogP contribution in [0.3, 0.4) is 0 Å². The van der Waals surface area contributed by atoms with Crippen LogP contribution in [-0.2, 0) is 9.53 Å². The summed E-state index contributed by atoms with van der Waals surface area (Å²) in [6.45, 7) is 1.99. The number of carboxylic acid groups (broad SMARTS) is 1. The number of hydrogen-bond acceptors (Lipinski definition) is 3. The van der Waals surface area contributed by atoms with Crippen molar-refractivity contribution < 1.29 is 14.6 Å². The van der Waals surface area contributed by atoms with E-state index in [4.69, 9.17) is 15.6 Å². The molecule has 1 aliphatic rings. The van der Waals surface area contributed by atoms with Gasteiger partial charge in [-0.3, -0.25) is 4.79 Å². The minimum absolute atomic E-state index is 0.0152. The van der Waals surface area contributed by atoms with Crippen LogP contribution in [0.2, 0.25) is 0 Å². The van der Waals surface area contributed by atoms with Crippen LogP contribution in [0.4, 0.5) is 0 Å². The van der Waals surface area contributed by atoms with Crippen LogP contribution in [0.25, 0.3) is 0 Å². The Balaban J connectivity index is 2.69.